The van der Waals surface area contributed by atoms with Crippen LogP contribution in [0.2, 0.25) is 5.02 Å². The highest BCUT2D eigenvalue weighted by Crippen LogP contribution is 2.22. The second kappa shape index (κ2) is 7.89. The predicted molar refractivity (Wildman–Crippen MR) is 112 cm³/mol. The summed E-state index contributed by atoms with van der Waals surface area (Å²) in [6, 6.07) is 20.6. The van der Waals surface area contributed by atoms with Gasteiger partial charge in [0.2, 0.25) is 5.55 Å². The minimum atomic E-state index is -0.543. The van der Waals surface area contributed by atoms with Crippen LogP contribution in [0, 0.1) is 12.7 Å². The summed E-state index contributed by atoms with van der Waals surface area (Å²) in [5.74, 6) is -0.903. The van der Waals surface area contributed by atoms with Gasteiger partial charge in [0, 0.05) is 11.1 Å². The van der Waals surface area contributed by atoms with Crippen LogP contribution in [0.3, 0.4) is 0 Å². The molecular formula is C23H16ClFN2O2. The lowest BCUT2D eigenvalue weighted by Gasteiger charge is -2.09. The Morgan fingerprint density at radius 1 is 1.03 bits per heavy atom. The number of nitrogens with zero attached hydrogens (tertiary/aromatic N) is 1. The standard InChI is InChI=1S/C23H16ClFN2O2/c1-14-6-2-4-8-20(14)27-22(28)17-12-15-7-3-5-9-21(15)29-23(17)26-16-10-11-19(25)18(24)13-16/h2-13H,1H3,(H,27,28). The quantitative estimate of drug-likeness (QED) is 0.452. The molecule has 1 amide bonds. The molecule has 0 fully saturated rings. The van der Waals surface area contributed by atoms with Crippen LogP contribution < -0.4 is 10.9 Å². The topological polar surface area (TPSA) is 54.6 Å². The number of carbonyl (C=O) groups excluding carboxylic acids is 1. The average molecular weight is 407 g/mol. The van der Waals surface area contributed by atoms with Crippen molar-refractivity contribution >= 4 is 39.9 Å². The van der Waals surface area contributed by atoms with Crippen LogP contribution in [0.25, 0.3) is 11.0 Å². The van der Waals surface area contributed by atoms with Crippen LogP contribution in [0.4, 0.5) is 15.8 Å². The van der Waals surface area contributed by atoms with E-state index in [0.29, 0.717) is 17.0 Å². The second-order valence-electron chi connectivity index (χ2n) is 6.48. The van der Waals surface area contributed by atoms with Gasteiger partial charge in [-0.1, -0.05) is 48.0 Å². The van der Waals surface area contributed by atoms with Gasteiger partial charge in [0.1, 0.15) is 17.0 Å². The van der Waals surface area contributed by atoms with Gasteiger partial charge in [-0.25, -0.2) is 9.38 Å². The molecule has 0 radical (unpaired) electrons. The second-order valence-corrected chi connectivity index (χ2v) is 6.89. The highest BCUT2D eigenvalue weighted by molar-refractivity contribution is 6.31. The number of rotatable bonds is 3. The van der Waals surface area contributed by atoms with E-state index in [0.717, 1.165) is 10.9 Å². The van der Waals surface area contributed by atoms with Gasteiger partial charge in [-0.2, -0.15) is 0 Å². The number of benzene rings is 3. The van der Waals surface area contributed by atoms with E-state index in [1.807, 2.05) is 49.4 Å². The van der Waals surface area contributed by atoms with Crippen molar-refractivity contribution in [3.05, 3.63) is 100 Å². The molecule has 4 rings (SSSR count). The normalized spacial score (nSPS) is 11.6. The van der Waals surface area contributed by atoms with Crippen molar-refractivity contribution in [2.45, 2.75) is 6.92 Å². The van der Waals surface area contributed by atoms with E-state index in [1.54, 1.807) is 12.1 Å². The van der Waals surface area contributed by atoms with Gasteiger partial charge in [0.05, 0.1) is 10.7 Å². The van der Waals surface area contributed by atoms with Crippen molar-refractivity contribution in [3.8, 4) is 0 Å². The van der Waals surface area contributed by atoms with Crippen molar-refractivity contribution in [1.82, 2.24) is 0 Å². The van der Waals surface area contributed by atoms with Crippen LogP contribution in [0.1, 0.15) is 15.9 Å². The lowest BCUT2D eigenvalue weighted by atomic mass is 10.1. The number of hydrogen-bond acceptors (Lipinski definition) is 3. The average Bonchev–Trinajstić information content (AvgIpc) is 2.72. The molecule has 0 aliphatic carbocycles. The summed E-state index contributed by atoms with van der Waals surface area (Å²) >= 11 is 5.86. The summed E-state index contributed by atoms with van der Waals surface area (Å²) in [5, 5.41) is 3.60. The largest absolute Gasteiger partial charge is 0.438 e. The molecule has 0 bridgehead atoms. The first-order valence-corrected chi connectivity index (χ1v) is 9.29. The molecule has 1 N–H and O–H groups in total. The Labute approximate surface area is 171 Å². The number of para-hydroxylation sites is 2. The number of hydrogen-bond donors (Lipinski definition) is 1. The molecule has 6 heteroatoms. The molecule has 0 unspecified atom stereocenters. The number of nitrogens with one attached hydrogen (secondary N) is 1. The first-order valence-electron chi connectivity index (χ1n) is 8.91. The summed E-state index contributed by atoms with van der Waals surface area (Å²) in [6.45, 7) is 1.91. The van der Waals surface area contributed by atoms with Crippen molar-refractivity contribution in [3.63, 3.8) is 0 Å². The van der Waals surface area contributed by atoms with Gasteiger partial charge in [-0.05, 0) is 48.9 Å². The van der Waals surface area contributed by atoms with Crippen LogP contribution in [0.5, 0.6) is 0 Å². The van der Waals surface area contributed by atoms with Gasteiger partial charge < -0.3 is 9.73 Å². The Bertz CT molecular complexity index is 1300. The molecule has 0 aliphatic heterocycles. The van der Waals surface area contributed by atoms with Gasteiger partial charge in [-0.3, -0.25) is 4.79 Å². The summed E-state index contributed by atoms with van der Waals surface area (Å²) in [4.78, 5) is 17.4. The molecule has 3 aromatic carbocycles. The van der Waals surface area contributed by atoms with E-state index >= 15 is 0 Å². The summed E-state index contributed by atoms with van der Waals surface area (Å²) in [7, 11) is 0. The minimum absolute atomic E-state index is 0.0575. The van der Waals surface area contributed by atoms with E-state index in [1.165, 1.54) is 18.2 Å². The van der Waals surface area contributed by atoms with Gasteiger partial charge >= 0.3 is 0 Å². The lowest BCUT2D eigenvalue weighted by molar-refractivity contribution is 0.102. The smallest absolute Gasteiger partial charge is 0.261 e. The van der Waals surface area contributed by atoms with Crippen LogP contribution in [-0.2, 0) is 0 Å². The molecule has 0 aliphatic rings. The summed E-state index contributed by atoms with van der Waals surface area (Å²) < 4.78 is 19.4. The Morgan fingerprint density at radius 3 is 2.59 bits per heavy atom. The van der Waals surface area contributed by atoms with Crippen molar-refractivity contribution in [2.24, 2.45) is 4.99 Å². The number of aryl methyl sites for hydroxylation is 1. The fraction of sp³-hybridized carbons (Fsp3) is 0.0435. The first kappa shape index (κ1) is 18.9. The zero-order valence-corrected chi connectivity index (χ0v) is 16.2. The Morgan fingerprint density at radius 2 is 1.79 bits per heavy atom. The third-order valence-electron chi connectivity index (χ3n) is 4.43. The van der Waals surface area contributed by atoms with E-state index in [2.05, 4.69) is 10.3 Å². The van der Waals surface area contributed by atoms with Crippen LogP contribution in [-0.4, -0.2) is 5.91 Å². The minimum Gasteiger partial charge on any atom is -0.438 e. The van der Waals surface area contributed by atoms with Gasteiger partial charge in [-0.15, -0.1) is 0 Å². The molecule has 29 heavy (non-hydrogen) atoms. The Kier molecular flexibility index (Phi) is 5.14. The highest BCUT2D eigenvalue weighted by Gasteiger charge is 2.14. The van der Waals surface area contributed by atoms with E-state index < -0.39 is 5.82 Å². The molecule has 4 aromatic rings. The zero-order chi connectivity index (χ0) is 20.4. The number of carbonyl (C=O) groups is 1. The number of halogens is 2. The van der Waals surface area contributed by atoms with E-state index in [-0.39, 0.29) is 22.0 Å². The van der Waals surface area contributed by atoms with Gasteiger partial charge in [0.25, 0.3) is 5.91 Å². The molecule has 4 nitrogen and oxygen atoms in total. The third-order valence-corrected chi connectivity index (χ3v) is 4.72. The van der Waals surface area contributed by atoms with E-state index in [9.17, 15) is 9.18 Å². The summed E-state index contributed by atoms with van der Waals surface area (Å²) in [6.07, 6.45) is 0. The van der Waals surface area contributed by atoms with Crippen LogP contribution >= 0.6 is 11.6 Å². The number of anilines is 1. The van der Waals surface area contributed by atoms with Crippen molar-refractivity contribution in [1.29, 1.82) is 0 Å². The predicted octanol–water partition coefficient (Wildman–Crippen LogP) is 6.02. The highest BCUT2D eigenvalue weighted by atomic mass is 35.5. The molecule has 144 valence electrons. The maximum absolute atomic E-state index is 13.5. The molecule has 1 heterocycles. The summed E-state index contributed by atoms with van der Waals surface area (Å²) in [5.41, 5.74) is 2.95. The molecular weight excluding hydrogens is 391 g/mol. The zero-order valence-electron chi connectivity index (χ0n) is 15.4. The maximum atomic E-state index is 13.5. The molecule has 1 aromatic heterocycles. The SMILES string of the molecule is Cc1ccccc1NC(=O)c1cc2ccccc2oc1=Nc1ccc(F)c(Cl)c1. The molecule has 0 spiro atoms. The number of amides is 1. The van der Waals surface area contributed by atoms with Crippen LogP contribution in [0.15, 0.2) is 82.2 Å². The van der Waals surface area contributed by atoms with Crippen molar-refractivity contribution in [2.75, 3.05) is 5.32 Å². The van der Waals surface area contributed by atoms with Gasteiger partial charge in [0.15, 0.2) is 0 Å². The number of fused-ring (bicyclic) bond motifs is 1. The lowest BCUT2D eigenvalue weighted by Crippen LogP contribution is -2.22. The monoisotopic (exact) mass is 406 g/mol. The Hall–Kier alpha value is -3.44. The van der Waals surface area contributed by atoms with Crippen molar-refractivity contribution < 1.29 is 13.6 Å². The third kappa shape index (κ3) is 4.05. The molecule has 0 saturated heterocycles. The fourth-order valence-corrected chi connectivity index (χ4v) is 3.06. The first-order chi connectivity index (χ1) is 14.0. The fourth-order valence-electron chi connectivity index (χ4n) is 2.89. The molecule has 0 saturated carbocycles. The maximum Gasteiger partial charge on any atom is 0.261 e. The van der Waals surface area contributed by atoms with E-state index in [4.69, 9.17) is 16.0 Å². The Balaban J connectivity index is 1.86. The molecule has 0 atom stereocenters.